The highest BCUT2D eigenvalue weighted by Crippen LogP contribution is 2.28. The Bertz CT molecular complexity index is 470. The molecular formula is C15H20ClNO3. The fourth-order valence-corrected chi connectivity index (χ4v) is 2.37. The molecule has 1 aromatic carbocycles. The van der Waals surface area contributed by atoms with Gasteiger partial charge in [-0.15, -0.1) is 0 Å². The molecule has 1 aliphatic heterocycles. The van der Waals surface area contributed by atoms with Crippen LogP contribution in [-0.4, -0.2) is 24.7 Å². The van der Waals surface area contributed by atoms with Crippen LogP contribution in [0.25, 0.3) is 0 Å². The van der Waals surface area contributed by atoms with Crippen LogP contribution in [0.4, 0.5) is 5.69 Å². The normalized spacial score (nSPS) is 18.3. The van der Waals surface area contributed by atoms with Crippen molar-refractivity contribution in [1.82, 2.24) is 0 Å². The molecule has 1 atom stereocenters. The smallest absolute Gasteiger partial charge is 0.227 e. The second kappa shape index (κ2) is 6.95. The molecule has 2 rings (SSSR count). The summed E-state index contributed by atoms with van der Waals surface area (Å²) in [5.74, 6) is 0.624. The van der Waals surface area contributed by atoms with Crippen LogP contribution in [-0.2, 0) is 9.53 Å². The molecule has 0 saturated carbocycles. The Kier molecular flexibility index (Phi) is 5.26. The van der Waals surface area contributed by atoms with Crippen molar-refractivity contribution in [2.45, 2.75) is 45.3 Å². The van der Waals surface area contributed by atoms with Gasteiger partial charge in [-0.1, -0.05) is 11.6 Å². The number of benzene rings is 1. The zero-order valence-corrected chi connectivity index (χ0v) is 12.6. The summed E-state index contributed by atoms with van der Waals surface area (Å²) in [4.78, 5) is 11.9. The van der Waals surface area contributed by atoms with Gasteiger partial charge in [0.25, 0.3) is 0 Å². The lowest BCUT2D eigenvalue weighted by Gasteiger charge is -2.13. The molecule has 0 aliphatic carbocycles. The molecule has 1 fully saturated rings. The number of ether oxygens (including phenoxy) is 2. The van der Waals surface area contributed by atoms with Gasteiger partial charge in [-0.3, -0.25) is 4.79 Å². The quantitative estimate of drug-likeness (QED) is 0.902. The molecule has 20 heavy (non-hydrogen) atoms. The minimum Gasteiger partial charge on any atom is -0.491 e. The summed E-state index contributed by atoms with van der Waals surface area (Å²) in [6.07, 6.45) is 2.48. The van der Waals surface area contributed by atoms with Gasteiger partial charge in [-0.05, 0) is 38.8 Å². The molecule has 0 spiro atoms. The van der Waals surface area contributed by atoms with Gasteiger partial charge in [-0.2, -0.15) is 0 Å². The van der Waals surface area contributed by atoms with Crippen molar-refractivity contribution in [3.63, 3.8) is 0 Å². The average Bonchev–Trinajstić information content (AvgIpc) is 2.84. The molecule has 110 valence electrons. The Balaban J connectivity index is 1.93. The Morgan fingerprint density at radius 1 is 1.55 bits per heavy atom. The summed E-state index contributed by atoms with van der Waals surface area (Å²) >= 11 is 6.15. The fraction of sp³-hybridized carbons (Fsp3) is 0.533. The Morgan fingerprint density at radius 2 is 2.35 bits per heavy atom. The van der Waals surface area contributed by atoms with Gasteiger partial charge in [-0.25, -0.2) is 0 Å². The van der Waals surface area contributed by atoms with E-state index in [9.17, 15) is 4.79 Å². The molecule has 1 saturated heterocycles. The van der Waals surface area contributed by atoms with E-state index in [4.69, 9.17) is 21.1 Å². The molecule has 1 aromatic rings. The van der Waals surface area contributed by atoms with Gasteiger partial charge < -0.3 is 14.8 Å². The second-order valence-electron chi connectivity index (χ2n) is 5.20. The molecule has 0 unspecified atom stereocenters. The fourth-order valence-electron chi connectivity index (χ4n) is 2.16. The molecule has 5 heteroatoms. The van der Waals surface area contributed by atoms with Crippen molar-refractivity contribution in [1.29, 1.82) is 0 Å². The Hall–Kier alpha value is -1.26. The van der Waals surface area contributed by atoms with E-state index >= 15 is 0 Å². The predicted molar refractivity (Wildman–Crippen MR) is 79.4 cm³/mol. The minimum atomic E-state index is -0.0728. The van der Waals surface area contributed by atoms with Crippen LogP contribution in [0.15, 0.2) is 18.2 Å². The zero-order valence-electron chi connectivity index (χ0n) is 11.8. The van der Waals surface area contributed by atoms with E-state index < -0.39 is 0 Å². The van der Waals surface area contributed by atoms with Gasteiger partial charge in [0.05, 0.1) is 29.3 Å². The number of carbonyl (C=O) groups excluding carboxylic acids is 1. The van der Waals surface area contributed by atoms with Crippen molar-refractivity contribution in [3.05, 3.63) is 23.2 Å². The highest BCUT2D eigenvalue weighted by atomic mass is 35.5. The highest BCUT2D eigenvalue weighted by Gasteiger charge is 2.19. The van der Waals surface area contributed by atoms with E-state index in [1.165, 1.54) is 0 Å². The van der Waals surface area contributed by atoms with Crippen LogP contribution < -0.4 is 10.1 Å². The third-order valence-electron chi connectivity index (χ3n) is 3.02. The Morgan fingerprint density at radius 3 is 2.95 bits per heavy atom. The molecular weight excluding hydrogens is 278 g/mol. The maximum Gasteiger partial charge on any atom is 0.227 e. The van der Waals surface area contributed by atoms with Gasteiger partial charge in [0.1, 0.15) is 5.75 Å². The number of carbonyl (C=O) groups is 1. The standard InChI is InChI=1S/C15H20ClNO3/c1-10(2)20-12-5-6-14(13(16)8-12)17-15(18)9-11-4-3-7-19-11/h5-6,8,10-11H,3-4,7,9H2,1-2H3,(H,17,18)/t11-/m1/s1. The summed E-state index contributed by atoms with van der Waals surface area (Å²) in [6, 6.07) is 5.27. The summed E-state index contributed by atoms with van der Waals surface area (Å²) in [7, 11) is 0. The van der Waals surface area contributed by atoms with Gasteiger partial charge in [0.15, 0.2) is 0 Å². The van der Waals surface area contributed by atoms with Crippen LogP contribution in [0.3, 0.4) is 0 Å². The number of halogens is 1. The number of hydrogen-bond acceptors (Lipinski definition) is 3. The van der Waals surface area contributed by atoms with Gasteiger partial charge >= 0.3 is 0 Å². The molecule has 0 radical (unpaired) electrons. The highest BCUT2D eigenvalue weighted by molar-refractivity contribution is 6.33. The van der Waals surface area contributed by atoms with Crippen LogP contribution in [0.1, 0.15) is 33.1 Å². The van der Waals surface area contributed by atoms with Crippen molar-refractivity contribution in [2.24, 2.45) is 0 Å². The summed E-state index contributed by atoms with van der Waals surface area (Å²) < 4.78 is 11.0. The van der Waals surface area contributed by atoms with E-state index in [0.717, 1.165) is 19.4 Å². The molecule has 0 aromatic heterocycles. The summed E-state index contributed by atoms with van der Waals surface area (Å²) in [5.41, 5.74) is 0.603. The first-order valence-corrected chi connectivity index (χ1v) is 7.30. The van der Waals surface area contributed by atoms with E-state index in [0.29, 0.717) is 22.9 Å². The van der Waals surface area contributed by atoms with Crippen molar-refractivity contribution in [2.75, 3.05) is 11.9 Å². The van der Waals surface area contributed by atoms with Crippen LogP contribution in [0.2, 0.25) is 5.02 Å². The average molecular weight is 298 g/mol. The minimum absolute atomic E-state index is 0.0392. The number of hydrogen-bond donors (Lipinski definition) is 1. The van der Waals surface area contributed by atoms with Crippen LogP contribution in [0.5, 0.6) is 5.75 Å². The number of amides is 1. The lowest BCUT2D eigenvalue weighted by atomic mass is 10.1. The predicted octanol–water partition coefficient (Wildman–Crippen LogP) is 3.63. The molecule has 1 N–H and O–H groups in total. The monoisotopic (exact) mass is 297 g/mol. The van der Waals surface area contributed by atoms with Crippen molar-refractivity contribution in [3.8, 4) is 5.75 Å². The number of anilines is 1. The first-order valence-electron chi connectivity index (χ1n) is 6.92. The maximum absolute atomic E-state index is 11.9. The molecule has 1 aliphatic rings. The third-order valence-corrected chi connectivity index (χ3v) is 3.34. The van der Waals surface area contributed by atoms with Crippen LogP contribution in [0, 0.1) is 0 Å². The number of rotatable bonds is 5. The van der Waals surface area contributed by atoms with Gasteiger partial charge in [0.2, 0.25) is 5.91 Å². The lowest BCUT2D eigenvalue weighted by Crippen LogP contribution is -2.19. The first kappa shape index (κ1) is 15.1. The molecule has 0 bridgehead atoms. The maximum atomic E-state index is 11.9. The SMILES string of the molecule is CC(C)Oc1ccc(NC(=O)C[C@H]2CCCO2)c(Cl)c1. The molecule has 1 amide bonds. The lowest BCUT2D eigenvalue weighted by molar-refractivity contribution is -0.118. The van der Waals surface area contributed by atoms with Crippen molar-refractivity contribution >= 4 is 23.2 Å². The largest absolute Gasteiger partial charge is 0.491 e. The zero-order chi connectivity index (χ0) is 14.5. The summed E-state index contributed by atoms with van der Waals surface area (Å²) in [6.45, 7) is 4.65. The van der Waals surface area contributed by atoms with Gasteiger partial charge in [0, 0.05) is 12.7 Å². The van der Waals surface area contributed by atoms with E-state index in [-0.39, 0.29) is 18.1 Å². The molecule has 1 heterocycles. The van der Waals surface area contributed by atoms with Crippen molar-refractivity contribution < 1.29 is 14.3 Å². The third kappa shape index (κ3) is 4.39. The first-order chi connectivity index (χ1) is 9.54. The summed E-state index contributed by atoms with van der Waals surface area (Å²) in [5, 5.41) is 3.29. The topological polar surface area (TPSA) is 47.6 Å². The van der Waals surface area contributed by atoms with E-state index in [1.54, 1.807) is 18.2 Å². The molecule has 4 nitrogen and oxygen atoms in total. The van der Waals surface area contributed by atoms with Crippen LogP contribution >= 0.6 is 11.6 Å². The second-order valence-corrected chi connectivity index (χ2v) is 5.60. The Labute approximate surface area is 124 Å². The van der Waals surface area contributed by atoms with E-state index in [2.05, 4.69) is 5.32 Å². The van der Waals surface area contributed by atoms with E-state index in [1.807, 2.05) is 13.8 Å². The number of nitrogens with one attached hydrogen (secondary N) is 1.